The monoisotopic (exact) mass is 531 g/mol. The normalized spacial score (nSPS) is 17.5. The molecule has 5 rings (SSSR count). The fraction of sp³-hybridized carbons (Fsp3) is 0.286. The average molecular weight is 532 g/mol. The number of anilines is 1. The number of piperidine rings is 1. The van der Waals surface area contributed by atoms with Crippen molar-refractivity contribution in [3.05, 3.63) is 95.0 Å². The summed E-state index contributed by atoms with van der Waals surface area (Å²) >= 11 is 3.63. The third-order valence-corrected chi connectivity index (χ3v) is 7.03. The van der Waals surface area contributed by atoms with E-state index in [1.807, 2.05) is 41.8 Å². The summed E-state index contributed by atoms with van der Waals surface area (Å²) in [5.41, 5.74) is 3.98. The van der Waals surface area contributed by atoms with Gasteiger partial charge in [-0.15, -0.1) is 0 Å². The first-order chi connectivity index (χ1) is 17.1. The Morgan fingerprint density at radius 1 is 1.31 bits per heavy atom. The summed E-state index contributed by atoms with van der Waals surface area (Å²) in [4.78, 5) is 7.49. The van der Waals surface area contributed by atoms with E-state index in [0.717, 1.165) is 76.4 Å². The second-order valence-corrected chi connectivity index (χ2v) is 9.80. The molecule has 0 bridgehead atoms. The van der Waals surface area contributed by atoms with E-state index in [4.69, 9.17) is 9.40 Å². The molecule has 1 aliphatic heterocycles. The van der Waals surface area contributed by atoms with Crippen molar-refractivity contribution in [2.24, 2.45) is 0 Å². The summed E-state index contributed by atoms with van der Waals surface area (Å²) in [6, 6.07) is 12.5. The van der Waals surface area contributed by atoms with E-state index >= 15 is 0 Å². The molecule has 0 spiro atoms. The number of benzene rings is 1. The number of nitrogens with zero attached hydrogens (tertiary/aromatic N) is 4. The first-order valence-corrected chi connectivity index (χ1v) is 12.9. The highest BCUT2D eigenvalue weighted by molar-refractivity contribution is 9.10. The predicted octanol–water partition coefficient (Wildman–Crippen LogP) is 6.72. The van der Waals surface area contributed by atoms with Crippen LogP contribution in [-0.4, -0.2) is 39.1 Å². The maximum atomic E-state index is 6.08. The molecule has 1 saturated heterocycles. The van der Waals surface area contributed by atoms with Crippen LogP contribution in [0.5, 0.6) is 0 Å². The lowest BCUT2D eigenvalue weighted by atomic mass is 9.94. The van der Waals surface area contributed by atoms with Crippen LogP contribution in [-0.2, 0) is 6.54 Å². The van der Waals surface area contributed by atoms with Gasteiger partial charge in [0.1, 0.15) is 17.2 Å². The number of hydrogen-bond acceptors (Lipinski definition) is 5. The van der Waals surface area contributed by atoms with E-state index in [0.29, 0.717) is 12.5 Å². The first kappa shape index (κ1) is 23.6. The minimum Gasteiger partial charge on any atom is -0.460 e. The van der Waals surface area contributed by atoms with Gasteiger partial charge in [0.2, 0.25) is 0 Å². The van der Waals surface area contributed by atoms with Crippen molar-refractivity contribution in [1.29, 1.82) is 0 Å². The molecule has 35 heavy (non-hydrogen) atoms. The van der Waals surface area contributed by atoms with Crippen LogP contribution in [0, 0.1) is 0 Å². The molecule has 6 nitrogen and oxygen atoms in total. The van der Waals surface area contributed by atoms with Crippen LogP contribution in [0.1, 0.15) is 37.1 Å². The van der Waals surface area contributed by atoms with Gasteiger partial charge in [-0.05, 0) is 59.9 Å². The zero-order valence-electron chi connectivity index (χ0n) is 20.0. The van der Waals surface area contributed by atoms with Crippen molar-refractivity contribution < 1.29 is 4.42 Å². The summed E-state index contributed by atoms with van der Waals surface area (Å²) in [5.74, 6) is 2.29. The highest BCUT2D eigenvalue weighted by atomic mass is 79.9. The lowest BCUT2D eigenvalue weighted by Gasteiger charge is -2.32. The highest BCUT2D eigenvalue weighted by Crippen LogP contribution is 2.31. The van der Waals surface area contributed by atoms with Crippen LogP contribution in [0.15, 0.2) is 87.9 Å². The molecule has 1 fully saturated rings. The molecule has 0 aliphatic carbocycles. The standard InChI is InChI=1S/C28H30BrN5O/c1-3-5-9-20(4-2)16-30-27-15-25(32-28-24(29)17-31-34(27)28)22-11-8-13-33(18-22)19-23-14-21-10-6-7-12-26(21)35-23/h3-7,9-10,12,14-15,17,22,30H,2,8,11,13,16,18-19H2,1H3/b5-3-,20-9+. The van der Waals surface area contributed by atoms with E-state index in [-0.39, 0.29) is 0 Å². The number of allylic oxidation sites excluding steroid dienone is 3. The Bertz CT molecular complexity index is 1370. The number of rotatable bonds is 8. The van der Waals surface area contributed by atoms with E-state index < -0.39 is 0 Å². The van der Waals surface area contributed by atoms with Gasteiger partial charge in [-0.2, -0.15) is 9.61 Å². The van der Waals surface area contributed by atoms with Crippen LogP contribution < -0.4 is 5.32 Å². The summed E-state index contributed by atoms with van der Waals surface area (Å²) < 4.78 is 8.84. The lowest BCUT2D eigenvalue weighted by Crippen LogP contribution is -2.34. The van der Waals surface area contributed by atoms with Crippen molar-refractivity contribution in [2.45, 2.75) is 32.2 Å². The van der Waals surface area contributed by atoms with Crippen LogP contribution >= 0.6 is 15.9 Å². The molecule has 0 saturated carbocycles. The number of hydrogen-bond donors (Lipinski definition) is 1. The van der Waals surface area contributed by atoms with Crippen molar-refractivity contribution in [3.63, 3.8) is 0 Å². The fourth-order valence-corrected chi connectivity index (χ4v) is 5.03. The number of fused-ring (bicyclic) bond motifs is 2. The molecule has 4 aromatic rings. The first-order valence-electron chi connectivity index (χ1n) is 12.1. The molecule has 1 N–H and O–H groups in total. The molecule has 7 heteroatoms. The Kier molecular flexibility index (Phi) is 7.16. The predicted molar refractivity (Wildman–Crippen MR) is 146 cm³/mol. The smallest absolute Gasteiger partial charge is 0.171 e. The number of furan rings is 1. The van der Waals surface area contributed by atoms with Crippen LogP contribution in [0.2, 0.25) is 0 Å². The second kappa shape index (κ2) is 10.6. The van der Waals surface area contributed by atoms with Gasteiger partial charge in [0.15, 0.2) is 5.65 Å². The third-order valence-electron chi connectivity index (χ3n) is 6.47. The van der Waals surface area contributed by atoms with Gasteiger partial charge in [0.25, 0.3) is 0 Å². The minimum absolute atomic E-state index is 0.345. The molecule has 1 aliphatic rings. The molecule has 1 atom stereocenters. The molecular formula is C28H30BrN5O. The molecule has 3 aromatic heterocycles. The lowest BCUT2D eigenvalue weighted by molar-refractivity contribution is 0.186. The number of likely N-dealkylation sites (tertiary alicyclic amines) is 1. The maximum absolute atomic E-state index is 6.08. The quantitative estimate of drug-likeness (QED) is 0.256. The van der Waals surface area contributed by atoms with Gasteiger partial charge in [-0.1, -0.05) is 49.1 Å². The summed E-state index contributed by atoms with van der Waals surface area (Å²) in [5, 5.41) is 9.23. The van der Waals surface area contributed by atoms with Crippen LogP contribution in [0.25, 0.3) is 16.6 Å². The Morgan fingerprint density at radius 2 is 2.20 bits per heavy atom. The zero-order chi connectivity index (χ0) is 24.2. The van der Waals surface area contributed by atoms with Gasteiger partial charge in [-0.3, -0.25) is 4.90 Å². The van der Waals surface area contributed by atoms with Gasteiger partial charge in [0, 0.05) is 30.5 Å². The van der Waals surface area contributed by atoms with Gasteiger partial charge < -0.3 is 9.73 Å². The fourth-order valence-electron chi connectivity index (χ4n) is 4.68. The van der Waals surface area contributed by atoms with Gasteiger partial charge >= 0.3 is 0 Å². The van der Waals surface area contributed by atoms with Gasteiger partial charge in [-0.25, -0.2) is 4.98 Å². The molecule has 1 aromatic carbocycles. The topological polar surface area (TPSA) is 58.6 Å². The van der Waals surface area contributed by atoms with Crippen molar-refractivity contribution in [1.82, 2.24) is 19.5 Å². The molecule has 0 radical (unpaired) electrons. The SMILES string of the molecule is C=C/C(=C\C=C/C)CNc1cc(C2CCCN(Cc3cc4ccccc4o3)C2)nc2c(Br)cnn12. The molecule has 1 unspecified atom stereocenters. The van der Waals surface area contributed by atoms with Crippen molar-refractivity contribution >= 4 is 38.4 Å². The van der Waals surface area contributed by atoms with Crippen LogP contribution in [0.3, 0.4) is 0 Å². The van der Waals surface area contributed by atoms with Crippen molar-refractivity contribution in [2.75, 3.05) is 25.0 Å². The van der Waals surface area contributed by atoms with E-state index in [2.05, 4.69) is 68.2 Å². The van der Waals surface area contributed by atoms with E-state index in [9.17, 15) is 0 Å². The number of para-hydroxylation sites is 1. The Labute approximate surface area is 214 Å². The van der Waals surface area contributed by atoms with Crippen molar-refractivity contribution in [3.8, 4) is 0 Å². The maximum Gasteiger partial charge on any atom is 0.171 e. The number of halogens is 1. The second-order valence-electron chi connectivity index (χ2n) is 8.94. The highest BCUT2D eigenvalue weighted by Gasteiger charge is 2.25. The summed E-state index contributed by atoms with van der Waals surface area (Å²) in [6.07, 6.45) is 12.0. The molecular weight excluding hydrogens is 502 g/mol. The summed E-state index contributed by atoms with van der Waals surface area (Å²) in [6.45, 7) is 9.44. The van der Waals surface area contributed by atoms with Crippen LogP contribution in [0.4, 0.5) is 5.82 Å². The number of nitrogens with one attached hydrogen (secondary N) is 1. The zero-order valence-corrected chi connectivity index (χ0v) is 21.5. The third kappa shape index (κ3) is 5.26. The molecule has 4 heterocycles. The Morgan fingerprint density at radius 3 is 3.03 bits per heavy atom. The average Bonchev–Trinajstić information content (AvgIpc) is 3.47. The largest absolute Gasteiger partial charge is 0.460 e. The molecule has 0 amide bonds. The van der Waals surface area contributed by atoms with E-state index in [1.54, 1.807) is 6.20 Å². The Hall–Kier alpha value is -3.16. The number of aromatic nitrogens is 3. The Balaban J connectivity index is 1.37. The minimum atomic E-state index is 0.345. The molecule has 180 valence electrons. The van der Waals surface area contributed by atoms with Gasteiger partial charge in [0.05, 0.1) is 22.9 Å². The summed E-state index contributed by atoms with van der Waals surface area (Å²) in [7, 11) is 0. The van der Waals surface area contributed by atoms with E-state index in [1.165, 1.54) is 0 Å².